The van der Waals surface area contributed by atoms with Gasteiger partial charge in [-0.3, -0.25) is 0 Å². The van der Waals surface area contributed by atoms with Crippen molar-refractivity contribution in [1.82, 2.24) is 0 Å². The molecule has 4 saturated heterocycles. The molecule has 20 nitrogen and oxygen atoms in total. The van der Waals surface area contributed by atoms with Crippen molar-refractivity contribution in [3.63, 3.8) is 0 Å². The summed E-state index contributed by atoms with van der Waals surface area (Å²) in [5.41, 5.74) is -2.14. The first-order chi connectivity index (χ1) is 30.5. The summed E-state index contributed by atoms with van der Waals surface area (Å²) in [6.45, 7) is 8.72. The molecule has 376 valence electrons. The predicted molar refractivity (Wildman–Crippen MR) is 220 cm³/mol. The first kappa shape index (κ1) is 50.6. The Balaban J connectivity index is 0.901. The van der Waals surface area contributed by atoms with Gasteiger partial charge in [-0.25, -0.2) is 0 Å². The molecule has 0 spiro atoms. The van der Waals surface area contributed by atoms with Gasteiger partial charge in [0, 0.05) is 24.2 Å². The minimum absolute atomic E-state index is 0.0136. The fourth-order valence-electron chi connectivity index (χ4n) is 14.1. The van der Waals surface area contributed by atoms with Crippen molar-refractivity contribution in [1.29, 1.82) is 0 Å². The number of fused-ring (bicyclic) bond motifs is 7. The van der Waals surface area contributed by atoms with Crippen LogP contribution < -0.4 is 0 Å². The van der Waals surface area contributed by atoms with Gasteiger partial charge in [-0.05, 0) is 86.9 Å². The maximum Gasteiger partial charge on any atom is 0.187 e. The summed E-state index contributed by atoms with van der Waals surface area (Å²) in [4.78, 5) is 0. The minimum atomic E-state index is -1.74. The van der Waals surface area contributed by atoms with Crippen molar-refractivity contribution in [2.24, 2.45) is 46.3 Å². The fraction of sp³-hybridized carbons (Fsp3) is 1.00. The van der Waals surface area contributed by atoms with E-state index in [9.17, 15) is 66.4 Å². The van der Waals surface area contributed by atoms with Crippen molar-refractivity contribution in [2.45, 2.75) is 214 Å². The van der Waals surface area contributed by atoms with E-state index in [-0.39, 0.29) is 66.5 Å². The van der Waals surface area contributed by atoms with Crippen molar-refractivity contribution in [2.75, 3.05) is 19.8 Å². The number of rotatable bonds is 12. The lowest BCUT2D eigenvalue weighted by Crippen LogP contribution is -2.67. The maximum absolute atomic E-state index is 12.7. The van der Waals surface area contributed by atoms with Crippen LogP contribution in [-0.2, 0) is 33.2 Å². The van der Waals surface area contributed by atoms with Crippen molar-refractivity contribution in [3.05, 3.63) is 0 Å². The Morgan fingerprint density at radius 1 is 0.677 bits per heavy atom. The number of hydrogen-bond donors (Lipinski definition) is 13. The van der Waals surface area contributed by atoms with E-state index in [2.05, 4.69) is 20.8 Å². The molecule has 0 aromatic rings. The molecule has 0 radical (unpaired) electrons. The van der Waals surface area contributed by atoms with Gasteiger partial charge in [0.05, 0.1) is 49.8 Å². The van der Waals surface area contributed by atoms with Gasteiger partial charge in [0.25, 0.3) is 0 Å². The number of hydrogen-bond acceptors (Lipinski definition) is 20. The van der Waals surface area contributed by atoms with Crippen LogP contribution in [0.5, 0.6) is 0 Å². The molecule has 0 aromatic heterocycles. The molecule has 4 saturated carbocycles. The topological polar surface area (TPSA) is 328 Å². The van der Waals surface area contributed by atoms with Crippen LogP contribution in [0.15, 0.2) is 0 Å². The van der Waals surface area contributed by atoms with Crippen molar-refractivity contribution < 1.29 is 99.5 Å². The molecule has 13 N–H and O–H groups in total. The third kappa shape index (κ3) is 8.57. The highest BCUT2D eigenvalue weighted by Crippen LogP contribution is 2.71. The van der Waals surface area contributed by atoms with E-state index in [0.717, 1.165) is 25.7 Å². The molecular weight excluding hydrogens is 860 g/mol. The Bertz CT molecular complexity index is 1630. The molecule has 0 amide bonds. The summed E-state index contributed by atoms with van der Waals surface area (Å²) < 4.78 is 41.6. The first-order valence-corrected chi connectivity index (χ1v) is 23.9. The normalized spacial score (nSPS) is 57.2. The van der Waals surface area contributed by atoms with Gasteiger partial charge in [-0.15, -0.1) is 0 Å². The second-order valence-corrected chi connectivity index (χ2v) is 21.8. The van der Waals surface area contributed by atoms with Crippen LogP contribution in [0.25, 0.3) is 0 Å². The number of ether oxygens (including phenoxy) is 7. The van der Waals surface area contributed by atoms with E-state index >= 15 is 0 Å². The van der Waals surface area contributed by atoms with E-state index in [1.165, 1.54) is 6.92 Å². The molecule has 8 rings (SSSR count). The van der Waals surface area contributed by atoms with E-state index in [1.807, 2.05) is 6.92 Å². The average molecular weight is 937 g/mol. The van der Waals surface area contributed by atoms with E-state index in [4.69, 9.17) is 33.2 Å². The zero-order chi connectivity index (χ0) is 47.3. The zero-order valence-electron chi connectivity index (χ0n) is 38.0. The Morgan fingerprint density at radius 3 is 1.98 bits per heavy atom. The summed E-state index contributed by atoms with van der Waals surface area (Å²) >= 11 is 0. The molecule has 4 heterocycles. The SMILES string of the molecule is C[C@H](CC[C@@]1(O)O[C@H]2C[C@H]3[C@@H]4CC[C@@]5(O)C[C@@H](O[C@@H]6O[C@H](CO)[C@@H](O)[C@H](O)[C@H]6O[C@@H]6O[C@@H](C)[C@H](O)[C@@H](O)[C@H]6O)[C@H](O)C[C@]5(C)[C@H]4CC[C@]3(C)[C@H]2[C@@H]1C)CO[C@@H]1O[C@H](CO)[C@@H](O)[C@H](O)[C@H]1O. The minimum Gasteiger partial charge on any atom is -0.394 e. The molecule has 0 bridgehead atoms. The smallest absolute Gasteiger partial charge is 0.187 e. The zero-order valence-corrected chi connectivity index (χ0v) is 38.0. The van der Waals surface area contributed by atoms with Crippen LogP contribution in [0.2, 0.25) is 0 Å². The lowest BCUT2D eigenvalue weighted by molar-refractivity contribution is -0.376. The monoisotopic (exact) mass is 936 g/mol. The van der Waals surface area contributed by atoms with E-state index < -0.39 is 134 Å². The molecule has 0 unspecified atom stereocenters. The number of aliphatic hydroxyl groups excluding tert-OH is 11. The van der Waals surface area contributed by atoms with Gasteiger partial charge in [-0.2, -0.15) is 0 Å². The molecule has 4 aliphatic carbocycles. The molecule has 8 fully saturated rings. The Labute approximate surface area is 379 Å². The van der Waals surface area contributed by atoms with Crippen molar-refractivity contribution >= 4 is 0 Å². The van der Waals surface area contributed by atoms with E-state index in [1.54, 1.807) is 0 Å². The molecule has 4 aliphatic heterocycles. The molecule has 28 atom stereocenters. The lowest BCUT2D eigenvalue weighted by Gasteiger charge is -2.65. The van der Waals surface area contributed by atoms with Gasteiger partial charge in [0.15, 0.2) is 24.7 Å². The predicted octanol–water partition coefficient (Wildman–Crippen LogP) is -2.67. The van der Waals surface area contributed by atoms with Gasteiger partial charge >= 0.3 is 0 Å². The Morgan fingerprint density at radius 2 is 1.31 bits per heavy atom. The molecule has 8 aliphatic rings. The molecule has 20 heteroatoms. The average Bonchev–Trinajstić information content (AvgIpc) is 3.70. The van der Waals surface area contributed by atoms with Gasteiger partial charge in [0.2, 0.25) is 0 Å². The highest BCUT2D eigenvalue weighted by molar-refractivity contribution is 5.18. The summed E-state index contributed by atoms with van der Waals surface area (Å²) in [6, 6.07) is 0. The highest BCUT2D eigenvalue weighted by Gasteiger charge is 2.71. The summed E-state index contributed by atoms with van der Waals surface area (Å²) in [5, 5.41) is 140. The van der Waals surface area contributed by atoms with Crippen LogP contribution in [0.1, 0.15) is 92.4 Å². The second-order valence-electron chi connectivity index (χ2n) is 21.8. The molecular formula is C45H76O20. The van der Waals surface area contributed by atoms with Gasteiger partial charge < -0.3 is 99.5 Å². The standard InChI is InChI=1S/C45H76O20/c1-18(17-59-39-36(55)34(53)31(50)27(15-46)62-39)6-11-45(58)19(2)29-25(65-45)12-23-21-7-10-44(57)14-26(24(48)13-43(44,5)22(21)8-9-42(23,29)4)61-41-38(35(54)32(51)28(16-47)63-41)64-40-37(56)33(52)30(49)20(3)60-40/h18-41,46-58H,6-17H2,1-5H3/t18-,19+,20+,21-,22+,23+,24-,25+,26-,27-,28-,29+,30+,31-,32-,33-,34+,35+,36-,37-,38-,39-,40+,41-,42+,43-,44-,45-/m1/s1. The van der Waals surface area contributed by atoms with Crippen LogP contribution in [0.4, 0.5) is 0 Å². The quantitative estimate of drug-likeness (QED) is 0.0888. The lowest BCUT2D eigenvalue weighted by atomic mass is 9.42. The number of aliphatic hydroxyl groups is 13. The summed E-state index contributed by atoms with van der Waals surface area (Å²) in [5.74, 6) is -1.05. The van der Waals surface area contributed by atoms with Gasteiger partial charge in [0.1, 0.15) is 67.1 Å². The first-order valence-electron chi connectivity index (χ1n) is 23.9. The third-order valence-corrected chi connectivity index (χ3v) is 18.1. The highest BCUT2D eigenvalue weighted by atomic mass is 16.8. The maximum atomic E-state index is 12.7. The molecule has 65 heavy (non-hydrogen) atoms. The summed E-state index contributed by atoms with van der Waals surface area (Å²) in [6.07, 6.45) is -19.6. The van der Waals surface area contributed by atoms with E-state index in [0.29, 0.717) is 19.3 Å². The van der Waals surface area contributed by atoms with Crippen molar-refractivity contribution in [3.8, 4) is 0 Å². The van der Waals surface area contributed by atoms with Crippen LogP contribution in [-0.4, -0.2) is 208 Å². The van der Waals surface area contributed by atoms with Crippen LogP contribution in [0, 0.1) is 46.3 Å². The Hall–Kier alpha value is -0.800. The largest absolute Gasteiger partial charge is 0.394 e. The third-order valence-electron chi connectivity index (χ3n) is 18.1. The fourth-order valence-corrected chi connectivity index (χ4v) is 14.1. The summed E-state index contributed by atoms with van der Waals surface area (Å²) in [7, 11) is 0. The Kier molecular flexibility index (Phi) is 14.6. The second kappa shape index (κ2) is 18.7. The molecule has 0 aromatic carbocycles. The van der Waals surface area contributed by atoms with Crippen LogP contribution in [0.3, 0.4) is 0 Å². The van der Waals surface area contributed by atoms with Gasteiger partial charge in [-0.1, -0.05) is 27.7 Å². The van der Waals surface area contributed by atoms with Crippen LogP contribution >= 0.6 is 0 Å².